The van der Waals surface area contributed by atoms with Crippen LogP contribution in [0, 0.1) is 36.9 Å². The van der Waals surface area contributed by atoms with Crippen molar-refractivity contribution in [1.29, 1.82) is 5.26 Å². The number of carbonyl (C=O) groups is 1. The second-order valence-electron chi connectivity index (χ2n) is 7.86. The molecule has 0 radical (unpaired) electrons. The molecule has 3 aromatic rings. The van der Waals surface area contributed by atoms with Crippen molar-refractivity contribution in [2.75, 3.05) is 23.3 Å². The summed E-state index contributed by atoms with van der Waals surface area (Å²) in [5.74, 6) is -0.474. The number of benzene rings is 2. The van der Waals surface area contributed by atoms with Crippen LogP contribution in [0.2, 0.25) is 0 Å². The van der Waals surface area contributed by atoms with Crippen LogP contribution < -0.4 is 10.2 Å². The fourth-order valence-electron chi connectivity index (χ4n) is 4.08. The number of anilines is 2. The van der Waals surface area contributed by atoms with E-state index in [0.717, 1.165) is 22.2 Å². The monoisotopic (exact) mass is 402 g/mol. The van der Waals surface area contributed by atoms with Crippen molar-refractivity contribution in [3.8, 4) is 6.07 Å². The highest BCUT2D eigenvalue weighted by Gasteiger charge is 2.27. The average Bonchev–Trinajstić information content (AvgIpc) is 2.75. The molecule has 6 heteroatoms. The number of carbonyl (C=O) groups excluding carboxylic acids is 1. The van der Waals surface area contributed by atoms with Crippen LogP contribution in [0.4, 0.5) is 15.8 Å². The summed E-state index contributed by atoms with van der Waals surface area (Å²) in [6.45, 7) is 5.17. The van der Waals surface area contributed by atoms with Crippen LogP contribution in [0.3, 0.4) is 0 Å². The van der Waals surface area contributed by atoms with Crippen LogP contribution in [0.5, 0.6) is 0 Å². The zero-order valence-corrected chi connectivity index (χ0v) is 17.1. The number of aromatic nitrogens is 1. The van der Waals surface area contributed by atoms with Crippen molar-refractivity contribution < 1.29 is 9.18 Å². The lowest BCUT2D eigenvalue weighted by Crippen LogP contribution is -2.38. The fraction of sp³-hybridized carbons (Fsp3) is 0.292. The first kappa shape index (κ1) is 19.8. The smallest absolute Gasteiger partial charge is 0.227 e. The van der Waals surface area contributed by atoms with E-state index < -0.39 is 0 Å². The van der Waals surface area contributed by atoms with E-state index in [0.29, 0.717) is 42.7 Å². The highest BCUT2D eigenvalue weighted by Crippen LogP contribution is 2.33. The summed E-state index contributed by atoms with van der Waals surface area (Å²) < 4.78 is 13.3. The minimum atomic E-state index is -0.313. The number of nitrogens with zero attached hydrogens (tertiary/aromatic N) is 3. The summed E-state index contributed by atoms with van der Waals surface area (Å²) in [5.41, 5.74) is 4.78. The highest BCUT2D eigenvalue weighted by atomic mass is 19.1. The van der Waals surface area contributed by atoms with E-state index in [2.05, 4.69) is 27.3 Å². The van der Waals surface area contributed by atoms with E-state index in [-0.39, 0.29) is 17.6 Å². The van der Waals surface area contributed by atoms with Gasteiger partial charge in [-0.1, -0.05) is 11.6 Å². The topological polar surface area (TPSA) is 69.0 Å². The number of hydrogen-bond donors (Lipinski definition) is 1. The number of fused-ring (bicyclic) bond motifs is 1. The summed E-state index contributed by atoms with van der Waals surface area (Å²) in [4.78, 5) is 19.3. The van der Waals surface area contributed by atoms with Crippen molar-refractivity contribution in [2.45, 2.75) is 26.7 Å². The highest BCUT2D eigenvalue weighted by molar-refractivity contribution is 5.96. The minimum Gasteiger partial charge on any atom is -0.370 e. The zero-order valence-electron chi connectivity index (χ0n) is 17.1. The zero-order chi connectivity index (χ0) is 21.3. The molecule has 0 unspecified atom stereocenters. The fourth-order valence-corrected chi connectivity index (χ4v) is 4.08. The summed E-state index contributed by atoms with van der Waals surface area (Å²) in [6.07, 6.45) is 3.00. The van der Waals surface area contributed by atoms with Gasteiger partial charge in [0.25, 0.3) is 0 Å². The van der Waals surface area contributed by atoms with E-state index >= 15 is 0 Å². The summed E-state index contributed by atoms with van der Waals surface area (Å²) in [5, 5.41) is 13.5. The van der Waals surface area contributed by atoms with Crippen LogP contribution in [0.1, 0.15) is 29.5 Å². The first-order chi connectivity index (χ1) is 14.5. The van der Waals surface area contributed by atoms with Gasteiger partial charge < -0.3 is 10.2 Å². The van der Waals surface area contributed by atoms with Crippen LogP contribution in [-0.2, 0) is 4.79 Å². The van der Waals surface area contributed by atoms with Gasteiger partial charge in [-0.3, -0.25) is 9.78 Å². The Hall–Kier alpha value is -3.46. The third kappa shape index (κ3) is 3.84. The molecule has 1 fully saturated rings. The van der Waals surface area contributed by atoms with Gasteiger partial charge in [0.2, 0.25) is 5.91 Å². The van der Waals surface area contributed by atoms with E-state index in [1.165, 1.54) is 12.1 Å². The molecule has 1 saturated heterocycles. The standard InChI is InChI=1S/C24H23FN4O/c1-15-3-5-22-20(11-15)23(18(13-26)14-27-22)29-9-7-17(8-10-29)24(30)28-21-6-4-19(25)12-16(21)2/h3-6,11-12,14,17H,7-10H2,1-2H3,(H,28,30). The van der Waals surface area contributed by atoms with E-state index in [1.807, 2.05) is 19.1 Å². The van der Waals surface area contributed by atoms with Crippen molar-refractivity contribution in [3.05, 3.63) is 65.1 Å². The molecule has 5 nitrogen and oxygen atoms in total. The number of hydrogen-bond acceptors (Lipinski definition) is 4. The molecule has 1 aliphatic rings. The van der Waals surface area contributed by atoms with Crippen LogP contribution >= 0.6 is 0 Å². The maximum Gasteiger partial charge on any atom is 0.227 e. The maximum absolute atomic E-state index is 13.3. The molecule has 1 aliphatic heterocycles. The predicted molar refractivity (Wildman–Crippen MR) is 116 cm³/mol. The molecular weight excluding hydrogens is 379 g/mol. The lowest BCUT2D eigenvalue weighted by atomic mass is 9.94. The van der Waals surface area contributed by atoms with Crippen molar-refractivity contribution in [3.63, 3.8) is 0 Å². The molecule has 152 valence electrons. The van der Waals surface area contributed by atoms with Gasteiger partial charge in [0.15, 0.2) is 0 Å². The predicted octanol–water partition coefficient (Wildman–Crippen LogP) is 4.72. The summed E-state index contributed by atoms with van der Waals surface area (Å²) in [6, 6.07) is 12.7. The van der Waals surface area contributed by atoms with E-state index in [4.69, 9.17) is 0 Å². The molecule has 0 aliphatic carbocycles. The summed E-state index contributed by atoms with van der Waals surface area (Å²) in [7, 11) is 0. The second kappa shape index (κ2) is 8.11. The average molecular weight is 402 g/mol. The Morgan fingerprint density at radius 1 is 1.20 bits per heavy atom. The van der Waals surface area contributed by atoms with E-state index in [9.17, 15) is 14.4 Å². The van der Waals surface area contributed by atoms with E-state index in [1.54, 1.807) is 19.2 Å². The Labute approximate surface area is 175 Å². The molecule has 0 atom stereocenters. The van der Waals surface area contributed by atoms with Crippen molar-refractivity contribution in [2.24, 2.45) is 5.92 Å². The van der Waals surface area contributed by atoms with Gasteiger partial charge in [-0.05, 0) is 62.6 Å². The van der Waals surface area contributed by atoms with Crippen LogP contribution in [-0.4, -0.2) is 24.0 Å². The molecule has 0 saturated carbocycles. The van der Waals surface area contributed by atoms with Gasteiger partial charge in [-0.25, -0.2) is 4.39 Å². The Morgan fingerprint density at radius 2 is 1.97 bits per heavy atom. The normalized spacial score (nSPS) is 14.5. The third-order valence-electron chi connectivity index (χ3n) is 5.74. The number of aryl methyl sites for hydroxylation is 2. The Morgan fingerprint density at radius 3 is 2.67 bits per heavy atom. The Balaban J connectivity index is 1.52. The van der Waals surface area contributed by atoms with Gasteiger partial charge in [0, 0.05) is 36.3 Å². The lowest BCUT2D eigenvalue weighted by molar-refractivity contribution is -0.120. The first-order valence-corrected chi connectivity index (χ1v) is 10.1. The molecule has 2 heterocycles. The quantitative estimate of drug-likeness (QED) is 0.688. The number of rotatable bonds is 3. The van der Waals surface area contributed by atoms with Crippen molar-refractivity contribution in [1.82, 2.24) is 4.98 Å². The van der Waals surface area contributed by atoms with Gasteiger partial charge in [0.1, 0.15) is 11.9 Å². The molecule has 4 rings (SSSR count). The minimum absolute atomic E-state index is 0.0414. The van der Waals surface area contributed by atoms with Gasteiger partial charge in [-0.15, -0.1) is 0 Å². The molecule has 1 amide bonds. The number of pyridine rings is 1. The van der Waals surface area contributed by atoms with Crippen LogP contribution in [0.25, 0.3) is 10.9 Å². The molecule has 0 spiro atoms. The SMILES string of the molecule is Cc1ccc2ncc(C#N)c(N3CCC(C(=O)Nc4ccc(F)cc4C)CC3)c2c1. The number of piperidine rings is 1. The Kier molecular flexibility index (Phi) is 5.37. The number of amides is 1. The first-order valence-electron chi connectivity index (χ1n) is 10.1. The third-order valence-corrected chi connectivity index (χ3v) is 5.74. The summed E-state index contributed by atoms with van der Waals surface area (Å²) >= 11 is 0. The van der Waals surface area contributed by atoms with Gasteiger partial charge in [-0.2, -0.15) is 5.26 Å². The van der Waals surface area contributed by atoms with Gasteiger partial charge >= 0.3 is 0 Å². The maximum atomic E-state index is 13.3. The number of nitriles is 1. The molecule has 1 aromatic heterocycles. The molecular formula is C24H23FN4O. The number of halogens is 1. The molecule has 30 heavy (non-hydrogen) atoms. The largest absolute Gasteiger partial charge is 0.370 e. The van der Waals surface area contributed by atoms with Crippen LogP contribution in [0.15, 0.2) is 42.6 Å². The lowest BCUT2D eigenvalue weighted by Gasteiger charge is -2.34. The number of nitrogens with one attached hydrogen (secondary N) is 1. The van der Waals surface area contributed by atoms with Gasteiger partial charge in [0.05, 0.1) is 16.8 Å². The second-order valence-corrected chi connectivity index (χ2v) is 7.86. The molecule has 2 aromatic carbocycles. The molecule has 0 bridgehead atoms. The Bertz CT molecular complexity index is 1160. The molecule has 1 N–H and O–H groups in total. The van der Waals surface area contributed by atoms with Crippen molar-refractivity contribution >= 4 is 28.2 Å².